The van der Waals surface area contributed by atoms with Crippen LogP contribution >= 0.6 is 7.82 Å². The van der Waals surface area contributed by atoms with E-state index in [9.17, 15) is 23.8 Å². The Hall–Kier alpha value is -2.56. The molecule has 0 rings (SSSR count). The van der Waals surface area contributed by atoms with Crippen molar-refractivity contribution in [1.82, 2.24) is 0 Å². The van der Waals surface area contributed by atoms with Crippen molar-refractivity contribution < 1.29 is 47.5 Å². The molecule has 4 N–H and O–H groups in total. The number of nitrogens with two attached hydrogens (primary N) is 1. The molecule has 0 aliphatic rings. The number of phosphoric ester groups is 1. The Bertz CT molecular complexity index is 1010. The van der Waals surface area contributed by atoms with E-state index in [0.717, 1.165) is 70.6 Å². The predicted molar refractivity (Wildman–Crippen MR) is 189 cm³/mol. The molecule has 0 spiro atoms. The molecule has 11 nitrogen and oxygen atoms in total. The lowest BCUT2D eigenvalue weighted by Gasteiger charge is -2.20. The maximum absolute atomic E-state index is 12.5. The van der Waals surface area contributed by atoms with Gasteiger partial charge in [0.05, 0.1) is 13.2 Å². The van der Waals surface area contributed by atoms with E-state index in [1.807, 2.05) is 0 Å². The number of esters is 2. The molecule has 0 aromatic carbocycles. The fourth-order valence-electron chi connectivity index (χ4n) is 4.29. The summed E-state index contributed by atoms with van der Waals surface area (Å²) in [6.07, 6.45) is 32.1. The molecule has 0 radical (unpaired) electrons. The molecule has 0 heterocycles. The normalized spacial score (nSPS) is 14.6. The number of hydrogen-bond donors (Lipinski definition) is 3. The largest absolute Gasteiger partial charge is 0.480 e. The van der Waals surface area contributed by atoms with Gasteiger partial charge < -0.3 is 25.2 Å². The first-order valence-corrected chi connectivity index (χ1v) is 19.2. The monoisotopic (exact) mass is 699 g/mol. The number of carbonyl (C=O) groups is 3. The van der Waals surface area contributed by atoms with Crippen LogP contribution in [0.3, 0.4) is 0 Å². The zero-order chi connectivity index (χ0) is 35.7. The number of carbonyl (C=O) groups excluding carboxylic acids is 2. The van der Waals surface area contributed by atoms with E-state index in [4.69, 9.17) is 24.8 Å². The van der Waals surface area contributed by atoms with Crippen LogP contribution in [0.4, 0.5) is 0 Å². The molecule has 0 aromatic heterocycles. The summed E-state index contributed by atoms with van der Waals surface area (Å²) in [6.45, 7) is 2.57. The van der Waals surface area contributed by atoms with E-state index < -0.39 is 51.1 Å². The summed E-state index contributed by atoms with van der Waals surface area (Å²) < 4.78 is 32.4. The third-order valence-electron chi connectivity index (χ3n) is 7.09. The van der Waals surface area contributed by atoms with Crippen LogP contribution in [-0.4, -0.2) is 59.9 Å². The summed E-state index contributed by atoms with van der Waals surface area (Å²) in [4.78, 5) is 45.5. The molecule has 3 unspecified atom stereocenters. The zero-order valence-corrected chi connectivity index (χ0v) is 30.2. The van der Waals surface area contributed by atoms with Crippen molar-refractivity contribution >= 4 is 25.7 Å². The summed E-state index contributed by atoms with van der Waals surface area (Å²) in [5, 5.41) is 8.83. The Morgan fingerprint density at radius 3 is 1.75 bits per heavy atom. The number of hydrogen-bond acceptors (Lipinski definition) is 9. The molecule has 0 aliphatic carbocycles. The van der Waals surface area contributed by atoms with Gasteiger partial charge in [0.25, 0.3) is 0 Å². The topological polar surface area (TPSA) is 172 Å². The van der Waals surface area contributed by atoms with Gasteiger partial charge in [-0.15, -0.1) is 0 Å². The standard InChI is InChI=1S/C36H62NO10P/c1-3-5-7-9-11-12-13-14-15-16-17-18-19-20-22-24-26-28-35(39)47-32(30-45-48(42,43)46-31-33(37)36(40)41)29-44-34(38)27-25-23-21-10-8-6-4-2/h5,7,11-12,14-15,17-18,32-33H,3-4,6,8-10,13,16,19-31,37H2,1-2H3,(H,40,41)(H,42,43)/b7-5-,12-11-,15-14-,18-17-. The van der Waals surface area contributed by atoms with Crippen LogP contribution in [-0.2, 0) is 37.5 Å². The van der Waals surface area contributed by atoms with Gasteiger partial charge in [-0.3, -0.25) is 23.4 Å². The second-order valence-electron chi connectivity index (χ2n) is 11.6. The Morgan fingerprint density at radius 2 is 1.17 bits per heavy atom. The van der Waals surface area contributed by atoms with Crippen molar-refractivity contribution in [2.24, 2.45) is 5.73 Å². The van der Waals surface area contributed by atoms with Crippen LogP contribution in [0.2, 0.25) is 0 Å². The van der Waals surface area contributed by atoms with Gasteiger partial charge in [0.15, 0.2) is 6.10 Å². The first kappa shape index (κ1) is 45.4. The Kier molecular flexibility index (Phi) is 30.0. The molecule has 0 aliphatic heterocycles. The summed E-state index contributed by atoms with van der Waals surface area (Å²) in [6, 6.07) is -1.52. The third kappa shape index (κ3) is 30.8. The number of aliphatic carboxylic acids is 1. The summed E-state index contributed by atoms with van der Waals surface area (Å²) in [5.41, 5.74) is 5.29. The summed E-state index contributed by atoms with van der Waals surface area (Å²) >= 11 is 0. The van der Waals surface area contributed by atoms with E-state index in [-0.39, 0.29) is 19.4 Å². The van der Waals surface area contributed by atoms with Gasteiger partial charge in [-0.1, -0.05) is 114 Å². The van der Waals surface area contributed by atoms with E-state index in [1.54, 1.807) is 0 Å². The molecule has 0 saturated carbocycles. The summed E-state index contributed by atoms with van der Waals surface area (Å²) in [5.74, 6) is -2.43. The molecule has 0 amide bonds. The molecule has 276 valence electrons. The lowest BCUT2D eigenvalue weighted by molar-refractivity contribution is -0.161. The van der Waals surface area contributed by atoms with Gasteiger partial charge in [0, 0.05) is 12.8 Å². The zero-order valence-electron chi connectivity index (χ0n) is 29.3. The average Bonchev–Trinajstić information content (AvgIpc) is 3.05. The Labute approximate surface area is 288 Å². The van der Waals surface area contributed by atoms with Crippen molar-refractivity contribution in [1.29, 1.82) is 0 Å². The average molecular weight is 700 g/mol. The van der Waals surface area contributed by atoms with E-state index in [1.165, 1.54) is 19.3 Å². The molecule has 3 atom stereocenters. The van der Waals surface area contributed by atoms with Crippen LogP contribution in [0.1, 0.15) is 129 Å². The Morgan fingerprint density at radius 1 is 0.667 bits per heavy atom. The fourth-order valence-corrected chi connectivity index (χ4v) is 5.07. The van der Waals surface area contributed by atoms with Gasteiger partial charge >= 0.3 is 25.7 Å². The number of unbranched alkanes of at least 4 members (excludes halogenated alkanes) is 10. The maximum Gasteiger partial charge on any atom is 0.472 e. The summed E-state index contributed by atoms with van der Waals surface area (Å²) in [7, 11) is -4.71. The number of phosphoric acid groups is 1. The molecule has 48 heavy (non-hydrogen) atoms. The number of carboxylic acids is 1. The highest BCUT2D eigenvalue weighted by atomic mass is 31.2. The number of ether oxygens (including phenoxy) is 2. The second-order valence-corrected chi connectivity index (χ2v) is 13.1. The second kappa shape index (κ2) is 31.7. The van der Waals surface area contributed by atoms with Crippen molar-refractivity contribution in [2.75, 3.05) is 19.8 Å². The van der Waals surface area contributed by atoms with E-state index in [0.29, 0.717) is 12.8 Å². The smallest absolute Gasteiger partial charge is 0.472 e. The predicted octanol–water partition coefficient (Wildman–Crippen LogP) is 8.27. The lowest BCUT2D eigenvalue weighted by Crippen LogP contribution is -2.34. The highest BCUT2D eigenvalue weighted by molar-refractivity contribution is 7.47. The molecule has 0 aromatic rings. The van der Waals surface area contributed by atoms with Crippen LogP contribution < -0.4 is 5.73 Å². The molecule has 0 saturated heterocycles. The van der Waals surface area contributed by atoms with Gasteiger partial charge in [-0.2, -0.15) is 0 Å². The Balaban J connectivity index is 4.48. The van der Waals surface area contributed by atoms with Gasteiger partial charge in [-0.05, 0) is 51.4 Å². The van der Waals surface area contributed by atoms with E-state index in [2.05, 4.69) is 67.0 Å². The SMILES string of the molecule is CC/C=C\C/C=C\C/C=C\C/C=C\CCCCCCC(=O)OC(COC(=O)CCCCCCCCC)COP(=O)(O)OCC(N)C(=O)O. The van der Waals surface area contributed by atoms with E-state index >= 15 is 0 Å². The number of carboxylic acid groups (broad SMARTS) is 1. The molecule has 12 heteroatoms. The van der Waals surface area contributed by atoms with Crippen LogP contribution in [0, 0.1) is 0 Å². The highest BCUT2D eigenvalue weighted by Gasteiger charge is 2.28. The van der Waals surface area contributed by atoms with Crippen molar-refractivity contribution in [3.05, 3.63) is 48.6 Å². The first-order chi connectivity index (χ1) is 23.1. The van der Waals surface area contributed by atoms with Crippen LogP contribution in [0.15, 0.2) is 48.6 Å². The number of allylic oxidation sites excluding steroid dienone is 8. The minimum atomic E-state index is -4.71. The van der Waals surface area contributed by atoms with Crippen LogP contribution in [0.25, 0.3) is 0 Å². The number of rotatable bonds is 32. The van der Waals surface area contributed by atoms with Gasteiger partial charge in [0.1, 0.15) is 12.6 Å². The van der Waals surface area contributed by atoms with Gasteiger partial charge in [0.2, 0.25) is 0 Å². The molecular weight excluding hydrogens is 637 g/mol. The minimum absolute atomic E-state index is 0.132. The van der Waals surface area contributed by atoms with Gasteiger partial charge in [-0.25, -0.2) is 4.57 Å². The van der Waals surface area contributed by atoms with Crippen molar-refractivity contribution in [2.45, 2.75) is 142 Å². The molecule has 0 fully saturated rings. The van der Waals surface area contributed by atoms with Crippen molar-refractivity contribution in [3.8, 4) is 0 Å². The fraction of sp³-hybridized carbons (Fsp3) is 0.694. The van der Waals surface area contributed by atoms with Crippen molar-refractivity contribution in [3.63, 3.8) is 0 Å². The minimum Gasteiger partial charge on any atom is -0.480 e. The first-order valence-electron chi connectivity index (χ1n) is 17.7. The maximum atomic E-state index is 12.5. The highest BCUT2D eigenvalue weighted by Crippen LogP contribution is 2.43. The molecule has 0 bridgehead atoms. The molecular formula is C36H62NO10P. The van der Waals surface area contributed by atoms with Crippen LogP contribution in [0.5, 0.6) is 0 Å². The third-order valence-corrected chi connectivity index (χ3v) is 8.04. The quantitative estimate of drug-likeness (QED) is 0.0267. The lowest BCUT2D eigenvalue weighted by atomic mass is 10.1.